The summed E-state index contributed by atoms with van der Waals surface area (Å²) in [5.74, 6) is 0.608. The monoisotopic (exact) mass is 956 g/mol. The van der Waals surface area contributed by atoms with Crippen LogP contribution in [0.1, 0.15) is 63.4 Å². The van der Waals surface area contributed by atoms with Gasteiger partial charge in [-0.1, -0.05) is 71.8 Å². The molecular formula is C33H40Br3ClN4O6S3. The molecule has 1 unspecified atom stereocenters. The highest BCUT2D eigenvalue weighted by atomic mass is 79.9. The summed E-state index contributed by atoms with van der Waals surface area (Å²) in [5, 5.41) is 9.70. The van der Waals surface area contributed by atoms with Crippen molar-refractivity contribution in [2.45, 2.75) is 79.4 Å². The number of thiophene rings is 1. The number of sulfonamides is 2. The molecule has 2 fully saturated rings. The molecule has 1 atom stereocenters. The minimum Gasteiger partial charge on any atom is -0.480 e. The highest BCUT2D eigenvalue weighted by molar-refractivity contribution is 9.11. The first-order valence-corrected chi connectivity index (χ1v) is 23.1. The maximum absolute atomic E-state index is 13.1. The Kier molecular flexibility index (Phi) is 14.3. The molecule has 2 saturated heterocycles. The Morgan fingerprint density at radius 1 is 0.920 bits per heavy atom. The number of carbonyl (C=O) groups is 1. The zero-order chi connectivity index (χ0) is 36.1. The summed E-state index contributed by atoms with van der Waals surface area (Å²) < 4.78 is 58.9. The van der Waals surface area contributed by atoms with Crippen LogP contribution < -0.4 is 9.62 Å². The van der Waals surface area contributed by atoms with Gasteiger partial charge in [-0.25, -0.2) is 21.8 Å². The molecule has 3 aromatic rings. The minimum atomic E-state index is -4.14. The molecule has 0 saturated carbocycles. The minimum absolute atomic E-state index is 0.00300. The number of hydrogen-bond donors (Lipinski definition) is 2. The summed E-state index contributed by atoms with van der Waals surface area (Å²) in [4.78, 5) is 18.4. The number of rotatable bonds is 15. The van der Waals surface area contributed by atoms with Crippen LogP contribution in [0.25, 0.3) is 0 Å². The molecule has 0 radical (unpaired) electrons. The summed E-state index contributed by atoms with van der Waals surface area (Å²) in [6.07, 6.45) is 10.9. The Morgan fingerprint density at radius 2 is 1.52 bits per heavy atom. The standard InChI is InChI=1S/C33H40Br3ClN4O6S3/c34-25-8-6-24(7-9-25)18-29(33(42)43)39-49(44,45)26-19-28(36)32(38-21-26)40-14-10-22(11-15-40)4-2-1-3-5-23-12-16-41(17-13-23)50(46,47)30-20-27(35)31(37)48-30/h6-9,19-23,29,39H,1-5,10-18H2,(H,42,43). The number of piperidine rings is 2. The molecule has 50 heavy (non-hydrogen) atoms. The number of nitrogens with zero attached hydrogens (tertiary/aromatic N) is 3. The first-order valence-electron chi connectivity index (χ1n) is 16.6. The van der Waals surface area contributed by atoms with E-state index in [1.165, 1.54) is 31.5 Å². The molecule has 274 valence electrons. The molecule has 10 nitrogen and oxygen atoms in total. The third kappa shape index (κ3) is 10.5. The number of anilines is 1. The van der Waals surface area contributed by atoms with Crippen LogP contribution in [0.2, 0.25) is 4.34 Å². The van der Waals surface area contributed by atoms with E-state index in [9.17, 15) is 26.7 Å². The highest BCUT2D eigenvalue weighted by Gasteiger charge is 2.31. The number of benzene rings is 1. The van der Waals surface area contributed by atoms with E-state index < -0.39 is 32.1 Å². The van der Waals surface area contributed by atoms with E-state index in [1.54, 1.807) is 34.6 Å². The zero-order valence-electron chi connectivity index (χ0n) is 27.2. The van der Waals surface area contributed by atoms with Gasteiger partial charge in [-0.05, 0) is 106 Å². The van der Waals surface area contributed by atoms with Crippen LogP contribution in [0, 0.1) is 11.8 Å². The largest absolute Gasteiger partial charge is 0.480 e. The van der Waals surface area contributed by atoms with E-state index in [0.29, 0.717) is 53.8 Å². The van der Waals surface area contributed by atoms with Crippen molar-refractivity contribution in [1.82, 2.24) is 14.0 Å². The van der Waals surface area contributed by atoms with Crippen LogP contribution in [0.15, 0.2) is 65.1 Å². The van der Waals surface area contributed by atoms with Crippen LogP contribution in [0.5, 0.6) is 0 Å². The van der Waals surface area contributed by atoms with Gasteiger partial charge >= 0.3 is 5.97 Å². The summed E-state index contributed by atoms with van der Waals surface area (Å²) in [7, 11) is -7.63. The van der Waals surface area contributed by atoms with E-state index in [-0.39, 0.29) is 11.3 Å². The number of pyridine rings is 1. The average molecular weight is 960 g/mol. The van der Waals surface area contributed by atoms with Crippen molar-refractivity contribution < 1.29 is 26.7 Å². The van der Waals surface area contributed by atoms with Crippen molar-refractivity contribution in [3.8, 4) is 0 Å². The number of carboxylic acid groups (broad SMARTS) is 1. The molecule has 2 aliphatic heterocycles. The normalized spacial score (nSPS) is 17.6. The number of nitrogens with one attached hydrogen (secondary N) is 1. The van der Waals surface area contributed by atoms with Gasteiger partial charge < -0.3 is 10.0 Å². The van der Waals surface area contributed by atoms with Crippen LogP contribution in [0.4, 0.5) is 5.82 Å². The molecule has 4 heterocycles. The fourth-order valence-electron chi connectivity index (χ4n) is 6.58. The molecule has 1 aromatic carbocycles. The zero-order valence-corrected chi connectivity index (χ0v) is 35.2. The molecule has 0 amide bonds. The lowest BCUT2D eigenvalue weighted by Gasteiger charge is -2.33. The number of hydrogen-bond acceptors (Lipinski definition) is 8. The number of halogens is 4. The molecule has 17 heteroatoms. The van der Waals surface area contributed by atoms with Gasteiger partial charge in [0, 0.05) is 41.3 Å². The first-order chi connectivity index (χ1) is 23.7. The lowest BCUT2D eigenvalue weighted by molar-refractivity contribution is -0.138. The fourth-order valence-corrected chi connectivity index (χ4v) is 12.7. The molecule has 5 rings (SSSR count). The van der Waals surface area contributed by atoms with E-state index >= 15 is 0 Å². The van der Waals surface area contributed by atoms with Crippen molar-refractivity contribution in [2.75, 3.05) is 31.1 Å². The van der Waals surface area contributed by atoms with Crippen molar-refractivity contribution in [1.29, 1.82) is 0 Å². The molecule has 2 aromatic heterocycles. The van der Waals surface area contributed by atoms with Crippen molar-refractivity contribution in [2.24, 2.45) is 11.8 Å². The Labute approximate surface area is 328 Å². The second kappa shape index (κ2) is 17.8. The number of aromatic nitrogens is 1. The van der Waals surface area contributed by atoms with Crippen molar-refractivity contribution in [3.05, 3.63) is 65.9 Å². The van der Waals surface area contributed by atoms with Crippen LogP contribution >= 0.6 is 70.7 Å². The van der Waals surface area contributed by atoms with Gasteiger partial charge in [0.25, 0.3) is 10.0 Å². The van der Waals surface area contributed by atoms with E-state index in [2.05, 4.69) is 62.4 Å². The number of carboxylic acids is 1. The average Bonchev–Trinajstić information content (AvgIpc) is 3.44. The van der Waals surface area contributed by atoms with Gasteiger partial charge in [-0.15, -0.1) is 11.3 Å². The third-order valence-electron chi connectivity index (χ3n) is 9.48. The first kappa shape index (κ1) is 40.1. The summed E-state index contributed by atoms with van der Waals surface area (Å²) >= 11 is 17.3. The SMILES string of the molecule is O=C(O)C(Cc1ccc(Br)cc1)NS(=O)(=O)c1cnc(N2CCC(CCCCCC3CCN(S(=O)(=O)c4cc(Br)c(Cl)s4)CC3)CC2)c(Br)c1. The Hall–Kier alpha value is -1.11. The van der Waals surface area contributed by atoms with Gasteiger partial charge in [0.1, 0.15) is 25.3 Å². The van der Waals surface area contributed by atoms with Gasteiger partial charge in [0.2, 0.25) is 10.0 Å². The van der Waals surface area contributed by atoms with Gasteiger partial charge in [0.05, 0.1) is 4.47 Å². The van der Waals surface area contributed by atoms with E-state index in [4.69, 9.17) is 11.6 Å². The number of unbranched alkanes of at least 4 members (excludes halogenated alkanes) is 2. The summed E-state index contributed by atoms with van der Waals surface area (Å²) in [6.45, 7) is 2.76. The lowest BCUT2D eigenvalue weighted by Crippen LogP contribution is -2.42. The molecule has 0 spiro atoms. The lowest BCUT2D eigenvalue weighted by atomic mass is 9.89. The maximum atomic E-state index is 13.1. The second-order valence-electron chi connectivity index (χ2n) is 12.9. The second-order valence-corrected chi connectivity index (χ2v) is 21.1. The molecular weight excluding hydrogens is 920 g/mol. The summed E-state index contributed by atoms with van der Waals surface area (Å²) in [6, 6.07) is 8.80. The maximum Gasteiger partial charge on any atom is 0.322 e. The molecule has 0 bridgehead atoms. The Morgan fingerprint density at radius 3 is 2.06 bits per heavy atom. The fraction of sp³-hybridized carbons (Fsp3) is 0.515. The van der Waals surface area contributed by atoms with Crippen LogP contribution in [-0.4, -0.2) is 69.4 Å². The number of aliphatic carboxylic acids is 1. The van der Waals surface area contributed by atoms with Crippen molar-refractivity contribution >= 4 is 103 Å². The quantitative estimate of drug-likeness (QED) is 0.145. The molecule has 0 aliphatic carbocycles. The Bertz CT molecular complexity index is 1830. The van der Waals surface area contributed by atoms with Crippen LogP contribution in [-0.2, 0) is 31.3 Å². The smallest absolute Gasteiger partial charge is 0.322 e. The third-order valence-corrected chi connectivity index (χ3v) is 16.9. The van der Waals surface area contributed by atoms with E-state index in [1.807, 2.05) is 0 Å². The van der Waals surface area contributed by atoms with Gasteiger partial charge in [-0.2, -0.15) is 9.03 Å². The molecule has 2 aliphatic rings. The van der Waals surface area contributed by atoms with Gasteiger partial charge in [0.15, 0.2) is 0 Å². The topological polar surface area (TPSA) is 137 Å². The Balaban J connectivity index is 1.01. The van der Waals surface area contributed by atoms with E-state index in [0.717, 1.165) is 67.4 Å². The summed E-state index contributed by atoms with van der Waals surface area (Å²) in [5.41, 5.74) is 0.695. The van der Waals surface area contributed by atoms with Crippen LogP contribution in [0.3, 0.4) is 0 Å². The van der Waals surface area contributed by atoms with Gasteiger partial charge in [-0.3, -0.25) is 4.79 Å². The van der Waals surface area contributed by atoms with Crippen molar-refractivity contribution in [3.63, 3.8) is 0 Å². The molecule has 2 N–H and O–H groups in total. The predicted molar refractivity (Wildman–Crippen MR) is 208 cm³/mol. The highest BCUT2D eigenvalue weighted by Crippen LogP contribution is 2.37. The predicted octanol–water partition coefficient (Wildman–Crippen LogP) is 8.33.